The lowest BCUT2D eigenvalue weighted by molar-refractivity contribution is -0.145. The first kappa shape index (κ1) is 33.4. The van der Waals surface area contributed by atoms with Crippen molar-refractivity contribution < 1.29 is 38.1 Å². The average Bonchev–Trinajstić information content (AvgIpc) is 3.03. The molecule has 1 saturated heterocycles. The van der Waals surface area contributed by atoms with E-state index in [1.54, 1.807) is 30.9 Å². The number of benzene rings is 3. The second-order valence-corrected chi connectivity index (χ2v) is 10.8. The Kier molecular flexibility index (Phi) is 13.1. The van der Waals surface area contributed by atoms with Gasteiger partial charge in [0.05, 0.1) is 50.6 Å². The van der Waals surface area contributed by atoms with Crippen molar-refractivity contribution >= 4 is 17.8 Å². The van der Waals surface area contributed by atoms with Gasteiger partial charge in [-0.1, -0.05) is 30.3 Å². The van der Waals surface area contributed by atoms with Crippen LogP contribution in [0.2, 0.25) is 0 Å². The summed E-state index contributed by atoms with van der Waals surface area (Å²) < 4.78 is 27.8. The number of carbonyl (C=O) groups is 3. The number of esters is 2. The van der Waals surface area contributed by atoms with Crippen LogP contribution in [0.4, 0.5) is 0 Å². The van der Waals surface area contributed by atoms with Gasteiger partial charge in [0, 0.05) is 19.0 Å². The van der Waals surface area contributed by atoms with E-state index in [1.807, 2.05) is 54.6 Å². The van der Waals surface area contributed by atoms with E-state index < -0.39 is 5.97 Å². The SMILES string of the molecule is CCOC(=O)CC1CN(C(=O)c2cc(C(=O)OCC)ccc2OCCCc2ccc(OCCCCOc3ccccc3)cc2)C1. The first-order chi connectivity index (χ1) is 22.0. The van der Waals surface area contributed by atoms with E-state index in [2.05, 4.69) is 0 Å². The van der Waals surface area contributed by atoms with Crippen LogP contribution in [0.3, 0.4) is 0 Å². The fraction of sp³-hybridized carbons (Fsp3) is 0.417. The minimum atomic E-state index is -0.494. The van der Waals surface area contributed by atoms with Crippen LogP contribution in [0.5, 0.6) is 17.2 Å². The van der Waals surface area contributed by atoms with Gasteiger partial charge in [0.2, 0.25) is 0 Å². The number of nitrogens with zero attached hydrogens (tertiary/aromatic N) is 1. The van der Waals surface area contributed by atoms with Crippen molar-refractivity contribution in [2.24, 2.45) is 5.92 Å². The van der Waals surface area contributed by atoms with Crippen LogP contribution < -0.4 is 14.2 Å². The molecule has 0 atom stereocenters. The molecule has 9 nitrogen and oxygen atoms in total. The fourth-order valence-electron chi connectivity index (χ4n) is 4.97. The van der Waals surface area contributed by atoms with E-state index in [9.17, 15) is 14.4 Å². The van der Waals surface area contributed by atoms with Gasteiger partial charge in [-0.3, -0.25) is 9.59 Å². The molecule has 3 aromatic carbocycles. The highest BCUT2D eigenvalue weighted by Gasteiger charge is 2.34. The predicted molar refractivity (Wildman–Crippen MR) is 170 cm³/mol. The Morgan fingerprint density at radius 3 is 2.04 bits per heavy atom. The highest BCUT2D eigenvalue weighted by atomic mass is 16.5. The van der Waals surface area contributed by atoms with Gasteiger partial charge in [-0.25, -0.2) is 4.79 Å². The van der Waals surface area contributed by atoms with E-state index in [0.29, 0.717) is 56.4 Å². The number of aryl methyl sites for hydroxylation is 1. The summed E-state index contributed by atoms with van der Waals surface area (Å²) in [5.41, 5.74) is 1.76. The molecular weight excluding hydrogens is 574 g/mol. The molecule has 45 heavy (non-hydrogen) atoms. The quantitative estimate of drug-likeness (QED) is 0.124. The van der Waals surface area contributed by atoms with Crippen LogP contribution >= 0.6 is 0 Å². The third-order valence-corrected chi connectivity index (χ3v) is 7.34. The molecule has 1 heterocycles. The van der Waals surface area contributed by atoms with Gasteiger partial charge in [-0.15, -0.1) is 0 Å². The molecule has 0 aliphatic carbocycles. The molecule has 9 heteroatoms. The molecule has 0 unspecified atom stereocenters. The minimum Gasteiger partial charge on any atom is -0.494 e. The third kappa shape index (κ3) is 10.6. The van der Waals surface area contributed by atoms with Crippen LogP contribution in [0.25, 0.3) is 0 Å². The zero-order valence-corrected chi connectivity index (χ0v) is 26.2. The van der Waals surface area contributed by atoms with Crippen molar-refractivity contribution in [3.8, 4) is 17.2 Å². The van der Waals surface area contributed by atoms with E-state index in [-0.39, 0.29) is 30.8 Å². The number of hydrogen-bond acceptors (Lipinski definition) is 8. The molecule has 0 N–H and O–H groups in total. The van der Waals surface area contributed by atoms with Gasteiger partial charge in [-0.05, 0) is 87.6 Å². The molecule has 0 aromatic heterocycles. The van der Waals surface area contributed by atoms with Crippen molar-refractivity contribution in [3.63, 3.8) is 0 Å². The lowest BCUT2D eigenvalue weighted by Crippen LogP contribution is -2.50. The Balaban J connectivity index is 1.21. The van der Waals surface area contributed by atoms with E-state index in [0.717, 1.165) is 42.7 Å². The van der Waals surface area contributed by atoms with Crippen LogP contribution in [-0.4, -0.2) is 68.9 Å². The number of ether oxygens (including phenoxy) is 5. The number of carbonyl (C=O) groups excluding carboxylic acids is 3. The number of hydrogen-bond donors (Lipinski definition) is 0. The molecule has 1 aliphatic rings. The van der Waals surface area contributed by atoms with E-state index in [4.69, 9.17) is 23.7 Å². The highest BCUT2D eigenvalue weighted by Crippen LogP contribution is 2.28. The van der Waals surface area contributed by atoms with Crippen molar-refractivity contribution in [2.45, 2.75) is 46.0 Å². The maximum atomic E-state index is 13.4. The Labute approximate surface area is 265 Å². The Bertz CT molecular complexity index is 1370. The van der Waals surface area contributed by atoms with Crippen molar-refractivity contribution in [1.29, 1.82) is 0 Å². The van der Waals surface area contributed by atoms with Gasteiger partial charge >= 0.3 is 11.9 Å². The molecule has 3 aromatic rings. The summed E-state index contributed by atoms with van der Waals surface area (Å²) in [6.07, 6.45) is 3.63. The number of amides is 1. The smallest absolute Gasteiger partial charge is 0.338 e. The maximum absolute atomic E-state index is 13.4. The zero-order chi connectivity index (χ0) is 31.9. The van der Waals surface area contributed by atoms with Crippen LogP contribution in [0.15, 0.2) is 72.8 Å². The van der Waals surface area contributed by atoms with Gasteiger partial charge in [-0.2, -0.15) is 0 Å². The van der Waals surface area contributed by atoms with E-state index >= 15 is 0 Å². The molecule has 4 rings (SSSR count). The topological polar surface area (TPSA) is 101 Å². The van der Waals surface area contributed by atoms with Gasteiger partial charge in [0.25, 0.3) is 5.91 Å². The Morgan fingerprint density at radius 2 is 1.38 bits per heavy atom. The number of para-hydroxylation sites is 1. The Morgan fingerprint density at radius 1 is 0.733 bits per heavy atom. The highest BCUT2D eigenvalue weighted by molar-refractivity contribution is 6.00. The van der Waals surface area contributed by atoms with Crippen molar-refractivity contribution in [3.05, 3.63) is 89.5 Å². The summed E-state index contributed by atoms with van der Waals surface area (Å²) in [5, 5.41) is 0. The molecular formula is C36H43NO8. The molecule has 0 radical (unpaired) electrons. The molecule has 1 fully saturated rings. The Hall–Kier alpha value is -4.53. The molecule has 1 aliphatic heterocycles. The summed E-state index contributed by atoms with van der Waals surface area (Å²) >= 11 is 0. The molecule has 1 amide bonds. The van der Waals surface area contributed by atoms with Gasteiger partial charge in [0.15, 0.2) is 0 Å². The third-order valence-electron chi connectivity index (χ3n) is 7.34. The van der Waals surface area contributed by atoms with E-state index in [1.165, 1.54) is 6.07 Å². The largest absolute Gasteiger partial charge is 0.494 e. The predicted octanol–water partition coefficient (Wildman–Crippen LogP) is 6.14. The summed E-state index contributed by atoms with van der Waals surface area (Å²) in [4.78, 5) is 39.2. The average molecular weight is 618 g/mol. The normalized spacial score (nSPS) is 12.6. The first-order valence-electron chi connectivity index (χ1n) is 15.7. The maximum Gasteiger partial charge on any atom is 0.338 e. The summed E-state index contributed by atoms with van der Waals surface area (Å²) in [7, 11) is 0. The monoisotopic (exact) mass is 617 g/mol. The van der Waals surface area contributed by atoms with Crippen LogP contribution in [0, 0.1) is 5.92 Å². The number of rotatable bonds is 18. The lowest BCUT2D eigenvalue weighted by atomic mass is 9.95. The number of likely N-dealkylation sites (tertiary alicyclic amines) is 1. The van der Waals surface area contributed by atoms with Gasteiger partial charge < -0.3 is 28.6 Å². The van der Waals surface area contributed by atoms with Crippen molar-refractivity contribution in [1.82, 2.24) is 4.90 Å². The summed E-state index contributed by atoms with van der Waals surface area (Å²) in [6, 6.07) is 22.6. The van der Waals surface area contributed by atoms with Crippen molar-refractivity contribution in [2.75, 3.05) is 46.1 Å². The molecule has 0 saturated carbocycles. The first-order valence-corrected chi connectivity index (χ1v) is 15.7. The second kappa shape index (κ2) is 17.7. The molecule has 0 spiro atoms. The number of unbranched alkanes of at least 4 members (excludes halogenated alkanes) is 1. The standard InChI is InChI=1S/C36H43NO8/c1-3-41-34(38)23-28-25-37(26-28)35(39)32-24-29(36(40)42-4-2)16-19-33(32)45-22-10-11-27-14-17-31(18-15-27)44-21-9-8-20-43-30-12-6-5-7-13-30/h5-7,12-19,24,28H,3-4,8-11,20-23,25-26H2,1-2H3. The molecule has 0 bridgehead atoms. The molecule has 240 valence electrons. The summed E-state index contributed by atoms with van der Waals surface area (Å²) in [6.45, 7) is 6.66. The van der Waals surface area contributed by atoms with Crippen LogP contribution in [0.1, 0.15) is 65.8 Å². The fourth-order valence-corrected chi connectivity index (χ4v) is 4.97. The van der Waals surface area contributed by atoms with Crippen LogP contribution in [-0.2, 0) is 20.7 Å². The zero-order valence-electron chi connectivity index (χ0n) is 26.2. The lowest BCUT2D eigenvalue weighted by Gasteiger charge is -2.39. The summed E-state index contributed by atoms with van der Waals surface area (Å²) in [5.74, 6) is 1.20. The minimum absolute atomic E-state index is 0.0573. The van der Waals surface area contributed by atoms with Gasteiger partial charge in [0.1, 0.15) is 17.2 Å². The second-order valence-electron chi connectivity index (χ2n) is 10.8.